The number of rotatable bonds is 3. The number of carbonyl (C=O) groups is 1. The van der Waals surface area contributed by atoms with Gasteiger partial charge in [-0.1, -0.05) is 18.2 Å². The predicted molar refractivity (Wildman–Crippen MR) is 81.5 cm³/mol. The summed E-state index contributed by atoms with van der Waals surface area (Å²) in [5, 5.41) is 8.07. The quantitative estimate of drug-likeness (QED) is 0.741. The Morgan fingerprint density at radius 1 is 1.19 bits per heavy atom. The van der Waals surface area contributed by atoms with E-state index in [2.05, 4.69) is 10.2 Å². The Hall–Kier alpha value is -2.69. The van der Waals surface area contributed by atoms with Gasteiger partial charge in [0.05, 0.1) is 0 Å². The summed E-state index contributed by atoms with van der Waals surface area (Å²) in [7, 11) is 0. The molecule has 0 spiro atoms. The van der Waals surface area contributed by atoms with E-state index >= 15 is 0 Å². The largest absolute Gasteiger partial charge is 0.309 e. The number of anilines is 1. The smallest absolute Gasteiger partial charge is 0.258 e. The van der Waals surface area contributed by atoms with Gasteiger partial charge in [-0.25, -0.2) is 0 Å². The fourth-order valence-electron chi connectivity index (χ4n) is 2.35. The highest BCUT2D eigenvalue weighted by atomic mass is 16.2. The first-order valence-electron chi connectivity index (χ1n) is 6.89. The second kappa shape index (κ2) is 5.36. The van der Waals surface area contributed by atoms with Crippen LogP contribution < -0.4 is 4.90 Å². The average Bonchev–Trinajstić information content (AvgIpc) is 2.90. The number of aryl methyl sites for hydroxylation is 1. The number of benzene rings is 1. The zero-order chi connectivity index (χ0) is 14.8. The van der Waals surface area contributed by atoms with Crippen molar-refractivity contribution in [3.05, 3.63) is 60.0 Å². The van der Waals surface area contributed by atoms with Crippen molar-refractivity contribution >= 4 is 17.2 Å². The van der Waals surface area contributed by atoms with Gasteiger partial charge >= 0.3 is 0 Å². The lowest BCUT2D eigenvalue weighted by atomic mass is 10.2. The maximum absolute atomic E-state index is 12.7. The molecule has 0 aliphatic rings. The van der Waals surface area contributed by atoms with Crippen LogP contribution in [0.4, 0.5) is 5.69 Å². The van der Waals surface area contributed by atoms with Gasteiger partial charge in [-0.2, -0.15) is 0 Å². The molecule has 1 amide bonds. The van der Waals surface area contributed by atoms with E-state index in [1.165, 1.54) is 0 Å². The molecule has 0 fully saturated rings. The van der Waals surface area contributed by atoms with Crippen LogP contribution in [0.3, 0.4) is 0 Å². The van der Waals surface area contributed by atoms with Gasteiger partial charge < -0.3 is 4.90 Å². The summed E-state index contributed by atoms with van der Waals surface area (Å²) in [6, 6.07) is 13.2. The third kappa shape index (κ3) is 2.38. The molecule has 0 aliphatic carbocycles. The number of pyridine rings is 1. The summed E-state index contributed by atoms with van der Waals surface area (Å²) < 4.78 is 1.86. The van der Waals surface area contributed by atoms with Crippen molar-refractivity contribution in [3.8, 4) is 0 Å². The summed E-state index contributed by atoms with van der Waals surface area (Å²) in [5.74, 6) is 0.770. The summed E-state index contributed by atoms with van der Waals surface area (Å²) in [4.78, 5) is 14.4. The standard InChI is InChI=1S/C16H16N4O/c1-3-19(14-7-5-4-6-8-14)16(21)13-9-10-20-12(2)17-18-15(20)11-13/h4-11H,3H2,1-2H3. The van der Waals surface area contributed by atoms with E-state index in [0.717, 1.165) is 11.5 Å². The van der Waals surface area contributed by atoms with Crippen molar-refractivity contribution in [2.24, 2.45) is 0 Å². The molecule has 2 aromatic heterocycles. The number of amides is 1. The van der Waals surface area contributed by atoms with E-state index in [1.54, 1.807) is 17.0 Å². The Labute approximate surface area is 122 Å². The van der Waals surface area contributed by atoms with Crippen LogP contribution in [-0.4, -0.2) is 27.0 Å². The lowest BCUT2D eigenvalue weighted by molar-refractivity contribution is 0.0988. The molecule has 0 bridgehead atoms. The highest BCUT2D eigenvalue weighted by molar-refractivity contribution is 6.06. The molecule has 0 N–H and O–H groups in total. The number of hydrogen-bond acceptors (Lipinski definition) is 3. The van der Waals surface area contributed by atoms with Crippen LogP contribution in [0.2, 0.25) is 0 Å². The maximum Gasteiger partial charge on any atom is 0.258 e. The normalized spacial score (nSPS) is 10.8. The van der Waals surface area contributed by atoms with Crippen molar-refractivity contribution in [1.82, 2.24) is 14.6 Å². The fourth-order valence-corrected chi connectivity index (χ4v) is 2.35. The van der Waals surface area contributed by atoms with Gasteiger partial charge in [0.2, 0.25) is 0 Å². The van der Waals surface area contributed by atoms with Crippen LogP contribution >= 0.6 is 0 Å². The third-order valence-corrected chi connectivity index (χ3v) is 3.46. The van der Waals surface area contributed by atoms with Gasteiger partial charge in [-0.05, 0) is 38.1 Å². The van der Waals surface area contributed by atoms with Gasteiger partial charge in [0.25, 0.3) is 5.91 Å². The lowest BCUT2D eigenvalue weighted by Crippen LogP contribution is -2.30. The Balaban J connectivity index is 1.98. The Morgan fingerprint density at radius 3 is 2.67 bits per heavy atom. The molecule has 5 heteroatoms. The molecule has 0 unspecified atom stereocenters. The van der Waals surface area contributed by atoms with E-state index in [1.807, 2.05) is 54.8 Å². The van der Waals surface area contributed by atoms with Gasteiger partial charge in [0.1, 0.15) is 5.82 Å². The minimum Gasteiger partial charge on any atom is -0.309 e. The number of aromatic nitrogens is 3. The minimum absolute atomic E-state index is 0.0353. The molecule has 1 aromatic carbocycles. The number of fused-ring (bicyclic) bond motifs is 1. The number of hydrogen-bond donors (Lipinski definition) is 0. The Morgan fingerprint density at radius 2 is 1.95 bits per heavy atom. The fraction of sp³-hybridized carbons (Fsp3) is 0.188. The SMILES string of the molecule is CCN(C(=O)c1ccn2c(C)nnc2c1)c1ccccc1. The van der Waals surface area contributed by atoms with Crippen LogP contribution in [0.15, 0.2) is 48.7 Å². The minimum atomic E-state index is -0.0353. The number of carbonyl (C=O) groups excluding carboxylic acids is 1. The van der Waals surface area contributed by atoms with Crippen LogP contribution in [0.25, 0.3) is 5.65 Å². The summed E-state index contributed by atoms with van der Waals surface area (Å²) in [5.41, 5.74) is 2.19. The van der Waals surface area contributed by atoms with E-state index in [-0.39, 0.29) is 5.91 Å². The molecule has 2 heterocycles. The molecule has 0 saturated heterocycles. The predicted octanol–water partition coefficient (Wildman–Crippen LogP) is 2.70. The molecule has 0 radical (unpaired) electrons. The average molecular weight is 280 g/mol. The summed E-state index contributed by atoms with van der Waals surface area (Å²) in [6.45, 7) is 4.45. The van der Waals surface area contributed by atoms with Crippen molar-refractivity contribution in [3.63, 3.8) is 0 Å². The second-order valence-corrected chi connectivity index (χ2v) is 4.78. The van der Waals surface area contributed by atoms with Crippen LogP contribution in [0.1, 0.15) is 23.1 Å². The molecule has 5 nitrogen and oxygen atoms in total. The first-order valence-corrected chi connectivity index (χ1v) is 6.89. The van der Waals surface area contributed by atoms with Gasteiger partial charge in [0.15, 0.2) is 5.65 Å². The molecule has 3 rings (SSSR count). The van der Waals surface area contributed by atoms with Crippen LogP contribution in [-0.2, 0) is 0 Å². The molecular weight excluding hydrogens is 264 g/mol. The van der Waals surface area contributed by atoms with Gasteiger partial charge in [-0.15, -0.1) is 10.2 Å². The van der Waals surface area contributed by atoms with Crippen molar-refractivity contribution in [2.75, 3.05) is 11.4 Å². The molecule has 3 aromatic rings. The molecule has 21 heavy (non-hydrogen) atoms. The van der Waals surface area contributed by atoms with E-state index in [4.69, 9.17) is 0 Å². The molecule has 0 saturated carbocycles. The van der Waals surface area contributed by atoms with Crippen molar-refractivity contribution in [2.45, 2.75) is 13.8 Å². The topological polar surface area (TPSA) is 50.5 Å². The van der Waals surface area contributed by atoms with Gasteiger partial charge in [0, 0.05) is 24.0 Å². The first-order chi connectivity index (χ1) is 10.2. The Kier molecular flexibility index (Phi) is 3.39. The van der Waals surface area contributed by atoms with Gasteiger partial charge in [-0.3, -0.25) is 9.20 Å². The maximum atomic E-state index is 12.7. The highest BCUT2D eigenvalue weighted by Crippen LogP contribution is 2.17. The van der Waals surface area contributed by atoms with Crippen molar-refractivity contribution in [1.29, 1.82) is 0 Å². The zero-order valence-corrected chi connectivity index (χ0v) is 12.0. The van der Waals surface area contributed by atoms with Crippen LogP contribution in [0, 0.1) is 6.92 Å². The van der Waals surface area contributed by atoms with Crippen LogP contribution in [0.5, 0.6) is 0 Å². The molecule has 0 atom stereocenters. The van der Waals surface area contributed by atoms with E-state index < -0.39 is 0 Å². The lowest BCUT2D eigenvalue weighted by Gasteiger charge is -2.21. The third-order valence-electron chi connectivity index (χ3n) is 3.46. The summed E-state index contributed by atoms with van der Waals surface area (Å²) >= 11 is 0. The second-order valence-electron chi connectivity index (χ2n) is 4.78. The van der Waals surface area contributed by atoms with Crippen molar-refractivity contribution < 1.29 is 4.79 Å². The van der Waals surface area contributed by atoms with E-state index in [0.29, 0.717) is 17.8 Å². The van der Waals surface area contributed by atoms with E-state index in [9.17, 15) is 4.79 Å². The molecule has 106 valence electrons. The number of para-hydroxylation sites is 1. The highest BCUT2D eigenvalue weighted by Gasteiger charge is 2.16. The summed E-state index contributed by atoms with van der Waals surface area (Å²) in [6.07, 6.45) is 1.83. The Bertz CT molecular complexity index is 779. The first kappa shape index (κ1) is 13.3. The molecular formula is C16H16N4O. The molecule has 0 aliphatic heterocycles. The monoisotopic (exact) mass is 280 g/mol. The number of nitrogens with zero attached hydrogens (tertiary/aromatic N) is 4. The zero-order valence-electron chi connectivity index (χ0n) is 12.0.